The lowest BCUT2D eigenvalue weighted by atomic mass is 10.2. The average Bonchev–Trinajstić information content (AvgIpc) is 2.29. The van der Waals surface area contributed by atoms with E-state index in [0.717, 1.165) is 5.56 Å². The molecule has 4 heteroatoms. The maximum Gasteiger partial charge on any atom is 0.234 e. The first-order valence-electron chi connectivity index (χ1n) is 5.05. The van der Waals surface area contributed by atoms with Crippen molar-refractivity contribution in [3.8, 4) is 0 Å². The molecule has 0 atom stereocenters. The van der Waals surface area contributed by atoms with E-state index in [-0.39, 0.29) is 18.3 Å². The highest BCUT2D eigenvalue weighted by molar-refractivity contribution is 5.78. The van der Waals surface area contributed by atoms with Gasteiger partial charge in [0.05, 0.1) is 6.54 Å². The lowest BCUT2D eigenvalue weighted by Crippen LogP contribution is -2.33. The molecule has 0 aliphatic heterocycles. The van der Waals surface area contributed by atoms with Crippen LogP contribution in [-0.4, -0.2) is 19.0 Å². The molecule has 0 saturated carbocycles. The Bertz CT molecular complexity index is 349. The fourth-order valence-electron chi connectivity index (χ4n) is 1.17. The Morgan fingerprint density at radius 2 is 2.06 bits per heavy atom. The first-order valence-corrected chi connectivity index (χ1v) is 5.05. The van der Waals surface area contributed by atoms with Crippen molar-refractivity contribution < 1.29 is 9.18 Å². The van der Waals surface area contributed by atoms with Gasteiger partial charge in [-0.2, -0.15) is 0 Å². The number of nitrogens with one attached hydrogen (secondary N) is 2. The van der Waals surface area contributed by atoms with Crippen molar-refractivity contribution in [3.63, 3.8) is 0 Å². The van der Waals surface area contributed by atoms with Crippen LogP contribution in [0, 0.1) is 5.82 Å². The van der Waals surface area contributed by atoms with E-state index in [2.05, 4.69) is 17.2 Å². The van der Waals surface area contributed by atoms with Crippen molar-refractivity contribution in [1.29, 1.82) is 0 Å². The fourth-order valence-corrected chi connectivity index (χ4v) is 1.17. The number of hydrogen-bond acceptors (Lipinski definition) is 2. The van der Waals surface area contributed by atoms with Gasteiger partial charge in [-0.15, -0.1) is 6.58 Å². The molecule has 0 fully saturated rings. The van der Waals surface area contributed by atoms with Crippen molar-refractivity contribution in [2.45, 2.75) is 6.54 Å². The fraction of sp³-hybridized carbons (Fsp3) is 0.250. The van der Waals surface area contributed by atoms with Gasteiger partial charge in [0.15, 0.2) is 0 Å². The molecule has 1 amide bonds. The summed E-state index contributed by atoms with van der Waals surface area (Å²) in [6, 6.07) is 6.16. The zero-order chi connectivity index (χ0) is 11.8. The van der Waals surface area contributed by atoms with E-state index < -0.39 is 0 Å². The van der Waals surface area contributed by atoms with Gasteiger partial charge < -0.3 is 10.6 Å². The lowest BCUT2D eigenvalue weighted by molar-refractivity contribution is -0.120. The van der Waals surface area contributed by atoms with Gasteiger partial charge in [-0.25, -0.2) is 4.39 Å². The summed E-state index contributed by atoms with van der Waals surface area (Å²) >= 11 is 0. The largest absolute Gasteiger partial charge is 0.352 e. The summed E-state index contributed by atoms with van der Waals surface area (Å²) in [5.74, 6) is -0.338. The van der Waals surface area contributed by atoms with Gasteiger partial charge >= 0.3 is 0 Å². The number of halogens is 1. The van der Waals surface area contributed by atoms with Gasteiger partial charge in [0, 0.05) is 13.1 Å². The number of rotatable bonds is 6. The van der Waals surface area contributed by atoms with E-state index in [1.807, 2.05) is 0 Å². The Labute approximate surface area is 94.4 Å². The predicted molar refractivity (Wildman–Crippen MR) is 61.3 cm³/mol. The molecule has 3 nitrogen and oxygen atoms in total. The number of hydrogen-bond donors (Lipinski definition) is 2. The molecule has 0 bridgehead atoms. The summed E-state index contributed by atoms with van der Waals surface area (Å²) in [7, 11) is 0. The van der Waals surface area contributed by atoms with Gasteiger partial charge in [-0.3, -0.25) is 4.79 Å². The van der Waals surface area contributed by atoms with E-state index >= 15 is 0 Å². The van der Waals surface area contributed by atoms with E-state index in [4.69, 9.17) is 0 Å². The van der Waals surface area contributed by atoms with E-state index in [1.165, 1.54) is 12.1 Å². The molecule has 0 radical (unpaired) electrons. The Morgan fingerprint density at radius 3 is 2.69 bits per heavy atom. The molecular weight excluding hydrogens is 207 g/mol. The number of carbonyl (C=O) groups is 1. The van der Waals surface area contributed by atoms with E-state index in [9.17, 15) is 9.18 Å². The Hall–Kier alpha value is -1.68. The van der Waals surface area contributed by atoms with Crippen molar-refractivity contribution in [3.05, 3.63) is 48.3 Å². The van der Waals surface area contributed by atoms with Crippen LogP contribution in [0.2, 0.25) is 0 Å². The Morgan fingerprint density at radius 1 is 1.38 bits per heavy atom. The molecule has 16 heavy (non-hydrogen) atoms. The van der Waals surface area contributed by atoms with Crippen LogP contribution in [0.4, 0.5) is 4.39 Å². The van der Waals surface area contributed by atoms with Gasteiger partial charge in [0.25, 0.3) is 0 Å². The maximum absolute atomic E-state index is 12.6. The molecular formula is C12H15FN2O. The highest BCUT2D eigenvalue weighted by Crippen LogP contribution is 2.01. The molecule has 2 N–H and O–H groups in total. The molecule has 0 aromatic heterocycles. The maximum atomic E-state index is 12.6. The minimum atomic E-state index is -0.257. The van der Waals surface area contributed by atoms with Crippen LogP contribution in [0.15, 0.2) is 36.9 Å². The second kappa shape index (κ2) is 6.74. The zero-order valence-electron chi connectivity index (χ0n) is 9.00. The second-order valence-corrected chi connectivity index (χ2v) is 3.32. The summed E-state index contributed by atoms with van der Waals surface area (Å²) in [6.07, 6.45) is 1.62. The molecule has 1 aromatic carbocycles. The van der Waals surface area contributed by atoms with Crippen LogP contribution in [-0.2, 0) is 11.3 Å². The Kier molecular flexibility index (Phi) is 5.22. The minimum Gasteiger partial charge on any atom is -0.352 e. The number of amides is 1. The average molecular weight is 222 g/mol. The standard InChI is InChI=1S/C12H15FN2O/c1-2-7-15-12(16)9-14-8-10-3-5-11(13)6-4-10/h2-6,14H,1,7-9H2,(H,15,16). The molecule has 0 aliphatic carbocycles. The highest BCUT2D eigenvalue weighted by atomic mass is 19.1. The molecule has 1 aromatic rings. The molecule has 0 saturated heterocycles. The van der Waals surface area contributed by atoms with Crippen LogP contribution >= 0.6 is 0 Å². The monoisotopic (exact) mass is 222 g/mol. The topological polar surface area (TPSA) is 41.1 Å². The van der Waals surface area contributed by atoms with Crippen molar-refractivity contribution in [1.82, 2.24) is 10.6 Å². The van der Waals surface area contributed by atoms with Crippen LogP contribution < -0.4 is 10.6 Å². The molecule has 0 spiro atoms. The summed E-state index contributed by atoms with van der Waals surface area (Å²) in [4.78, 5) is 11.2. The van der Waals surface area contributed by atoms with Crippen LogP contribution in [0.3, 0.4) is 0 Å². The second-order valence-electron chi connectivity index (χ2n) is 3.32. The van der Waals surface area contributed by atoms with Gasteiger partial charge in [0.1, 0.15) is 5.82 Å². The normalized spacial score (nSPS) is 9.81. The van der Waals surface area contributed by atoms with E-state index in [0.29, 0.717) is 13.1 Å². The third-order valence-corrected chi connectivity index (χ3v) is 1.97. The van der Waals surface area contributed by atoms with Gasteiger partial charge in [0.2, 0.25) is 5.91 Å². The number of carbonyl (C=O) groups excluding carboxylic acids is 1. The predicted octanol–water partition coefficient (Wildman–Crippen LogP) is 1.22. The number of benzene rings is 1. The molecule has 0 aliphatic rings. The smallest absolute Gasteiger partial charge is 0.234 e. The first kappa shape index (κ1) is 12.4. The van der Waals surface area contributed by atoms with Crippen molar-refractivity contribution in [2.75, 3.05) is 13.1 Å². The van der Waals surface area contributed by atoms with Crippen LogP contribution in [0.5, 0.6) is 0 Å². The summed E-state index contributed by atoms with van der Waals surface area (Å²) < 4.78 is 12.6. The van der Waals surface area contributed by atoms with Crippen molar-refractivity contribution >= 4 is 5.91 Å². The summed E-state index contributed by atoms with van der Waals surface area (Å²) in [5.41, 5.74) is 0.943. The molecule has 1 rings (SSSR count). The molecule has 0 heterocycles. The SMILES string of the molecule is C=CCNC(=O)CNCc1ccc(F)cc1. The lowest BCUT2D eigenvalue weighted by Gasteiger charge is -2.05. The third-order valence-electron chi connectivity index (χ3n) is 1.97. The van der Waals surface area contributed by atoms with Gasteiger partial charge in [-0.1, -0.05) is 18.2 Å². The van der Waals surface area contributed by atoms with Crippen LogP contribution in [0.25, 0.3) is 0 Å². The summed E-state index contributed by atoms with van der Waals surface area (Å²) in [5, 5.41) is 5.61. The quantitative estimate of drug-likeness (QED) is 0.710. The van der Waals surface area contributed by atoms with Gasteiger partial charge in [-0.05, 0) is 17.7 Å². The summed E-state index contributed by atoms with van der Waals surface area (Å²) in [6.45, 7) is 4.75. The zero-order valence-corrected chi connectivity index (χ0v) is 9.00. The minimum absolute atomic E-state index is 0.0815. The van der Waals surface area contributed by atoms with E-state index in [1.54, 1.807) is 18.2 Å². The third kappa shape index (κ3) is 4.70. The Balaban J connectivity index is 2.22. The van der Waals surface area contributed by atoms with Crippen LogP contribution in [0.1, 0.15) is 5.56 Å². The first-order chi connectivity index (χ1) is 7.72. The highest BCUT2D eigenvalue weighted by Gasteiger charge is 1.98. The molecule has 86 valence electrons. The van der Waals surface area contributed by atoms with Crippen molar-refractivity contribution in [2.24, 2.45) is 0 Å². The molecule has 0 unspecified atom stereocenters.